The molecule has 7 nitrogen and oxygen atoms in total. The fourth-order valence-corrected chi connectivity index (χ4v) is 2.29. The Hall–Kier alpha value is -1.50. The van der Waals surface area contributed by atoms with Gasteiger partial charge >= 0.3 is 6.09 Å². The van der Waals surface area contributed by atoms with Crippen molar-refractivity contribution in [3.05, 3.63) is 0 Å². The third-order valence-corrected chi connectivity index (χ3v) is 3.56. The lowest BCUT2D eigenvalue weighted by Gasteiger charge is -2.35. The van der Waals surface area contributed by atoms with Gasteiger partial charge in [-0.3, -0.25) is 9.59 Å². The normalized spacial score (nSPS) is 15.3. The minimum Gasteiger partial charge on any atom is -0.444 e. The predicted octanol–water partition coefficient (Wildman–Crippen LogP) is 1.20. The fourth-order valence-electron chi connectivity index (χ4n) is 2.16. The van der Waals surface area contributed by atoms with Crippen LogP contribution in [-0.4, -0.2) is 71.9 Å². The van der Waals surface area contributed by atoms with Crippen molar-refractivity contribution in [2.45, 2.75) is 39.2 Å². The van der Waals surface area contributed by atoms with Crippen LogP contribution in [0.4, 0.5) is 4.79 Å². The first kappa shape index (κ1) is 19.5. The molecule has 0 radical (unpaired) electrons. The Balaban J connectivity index is 2.30. The van der Waals surface area contributed by atoms with Crippen molar-refractivity contribution in [2.75, 3.05) is 38.6 Å². The van der Waals surface area contributed by atoms with E-state index in [1.165, 1.54) is 0 Å². The van der Waals surface area contributed by atoms with Gasteiger partial charge in [-0.2, -0.15) is 0 Å². The number of alkyl halides is 1. The van der Waals surface area contributed by atoms with Crippen LogP contribution in [0.25, 0.3) is 0 Å². The fraction of sp³-hybridized carbons (Fsp3) is 0.800. The number of alkyl carbamates (subject to hydrolysis) is 1. The molecule has 8 heteroatoms. The highest BCUT2D eigenvalue weighted by molar-refractivity contribution is 6.17. The molecule has 1 rings (SSSR count). The SMILES string of the molecule is CC(C)(C)OC(=O)NCC(=O)N1CCN(C(=O)CCCCl)CC1. The summed E-state index contributed by atoms with van der Waals surface area (Å²) in [6.07, 6.45) is 0.498. The average Bonchev–Trinajstić information content (AvgIpc) is 2.48. The van der Waals surface area contributed by atoms with Gasteiger partial charge in [0.25, 0.3) is 0 Å². The third kappa shape index (κ3) is 7.54. The third-order valence-electron chi connectivity index (χ3n) is 3.29. The highest BCUT2D eigenvalue weighted by atomic mass is 35.5. The Morgan fingerprint density at radius 3 is 2.04 bits per heavy atom. The van der Waals surface area contributed by atoms with E-state index in [4.69, 9.17) is 16.3 Å². The summed E-state index contributed by atoms with van der Waals surface area (Å²) in [5.41, 5.74) is -0.595. The van der Waals surface area contributed by atoms with Crippen molar-refractivity contribution < 1.29 is 19.1 Å². The van der Waals surface area contributed by atoms with Gasteiger partial charge in [-0.1, -0.05) is 0 Å². The number of rotatable bonds is 5. The number of carbonyl (C=O) groups excluding carboxylic acids is 3. The molecule has 1 fully saturated rings. The topological polar surface area (TPSA) is 79.0 Å². The molecule has 1 aliphatic rings. The van der Waals surface area contributed by atoms with Crippen molar-refractivity contribution in [1.82, 2.24) is 15.1 Å². The summed E-state index contributed by atoms with van der Waals surface area (Å²) in [4.78, 5) is 38.8. The number of carbonyl (C=O) groups is 3. The molecule has 1 aliphatic heterocycles. The first-order chi connectivity index (χ1) is 10.7. The number of ether oxygens (including phenoxy) is 1. The molecule has 0 saturated carbocycles. The minimum absolute atomic E-state index is 0.0737. The average molecular weight is 348 g/mol. The van der Waals surface area contributed by atoms with E-state index in [2.05, 4.69) is 5.32 Å². The maximum atomic E-state index is 12.1. The monoisotopic (exact) mass is 347 g/mol. The summed E-state index contributed by atoms with van der Waals surface area (Å²) in [5, 5.41) is 2.45. The molecule has 0 aromatic heterocycles. The summed E-state index contributed by atoms with van der Waals surface area (Å²) in [6.45, 7) is 7.15. The molecule has 1 heterocycles. The van der Waals surface area contributed by atoms with E-state index < -0.39 is 11.7 Å². The van der Waals surface area contributed by atoms with Crippen LogP contribution in [0.3, 0.4) is 0 Å². The van der Waals surface area contributed by atoms with Crippen molar-refractivity contribution in [3.8, 4) is 0 Å². The summed E-state index contributed by atoms with van der Waals surface area (Å²) in [7, 11) is 0. The molecule has 0 bridgehead atoms. The highest BCUT2D eigenvalue weighted by Crippen LogP contribution is 2.07. The Labute approximate surface area is 142 Å². The van der Waals surface area contributed by atoms with Crippen LogP contribution in [0.15, 0.2) is 0 Å². The molecule has 0 unspecified atom stereocenters. The minimum atomic E-state index is -0.610. The molecular formula is C15H26ClN3O4. The van der Waals surface area contributed by atoms with Crippen LogP contribution >= 0.6 is 11.6 Å². The number of halogens is 1. The zero-order chi connectivity index (χ0) is 17.5. The van der Waals surface area contributed by atoms with Gasteiger partial charge in [0.05, 0.1) is 0 Å². The van der Waals surface area contributed by atoms with Gasteiger partial charge in [0.1, 0.15) is 12.1 Å². The summed E-state index contributed by atoms with van der Waals surface area (Å²) in [6, 6.07) is 0. The van der Waals surface area contributed by atoms with Crippen molar-refractivity contribution in [2.24, 2.45) is 0 Å². The number of nitrogens with one attached hydrogen (secondary N) is 1. The number of amides is 3. The maximum Gasteiger partial charge on any atom is 0.408 e. The van der Waals surface area contributed by atoms with E-state index in [9.17, 15) is 14.4 Å². The Morgan fingerprint density at radius 2 is 1.57 bits per heavy atom. The first-order valence-electron chi connectivity index (χ1n) is 7.81. The van der Waals surface area contributed by atoms with Gasteiger partial charge in [0.2, 0.25) is 11.8 Å². The van der Waals surface area contributed by atoms with E-state index in [-0.39, 0.29) is 18.4 Å². The molecule has 0 atom stereocenters. The van der Waals surface area contributed by atoms with E-state index in [1.54, 1.807) is 30.6 Å². The second-order valence-electron chi connectivity index (χ2n) is 6.41. The Bertz CT molecular complexity index is 429. The molecule has 23 heavy (non-hydrogen) atoms. The highest BCUT2D eigenvalue weighted by Gasteiger charge is 2.24. The van der Waals surface area contributed by atoms with Crippen molar-refractivity contribution in [1.29, 1.82) is 0 Å². The Morgan fingerprint density at radius 1 is 1.04 bits per heavy atom. The van der Waals surface area contributed by atoms with E-state index in [0.717, 1.165) is 0 Å². The van der Waals surface area contributed by atoms with Gasteiger partial charge in [0, 0.05) is 38.5 Å². The predicted molar refractivity (Wildman–Crippen MR) is 87.4 cm³/mol. The lowest BCUT2D eigenvalue weighted by molar-refractivity contribution is -0.139. The second-order valence-corrected chi connectivity index (χ2v) is 6.79. The summed E-state index contributed by atoms with van der Waals surface area (Å²) >= 11 is 5.58. The van der Waals surface area contributed by atoms with Crippen LogP contribution in [0.1, 0.15) is 33.6 Å². The quantitative estimate of drug-likeness (QED) is 0.758. The Kier molecular flexibility index (Phi) is 7.61. The van der Waals surface area contributed by atoms with Crippen molar-refractivity contribution >= 4 is 29.5 Å². The van der Waals surface area contributed by atoms with E-state index in [1.807, 2.05) is 0 Å². The smallest absolute Gasteiger partial charge is 0.408 e. The standard InChI is InChI=1S/C15H26ClN3O4/c1-15(2,3)23-14(22)17-11-13(21)19-9-7-18(8-10-19)12(20)5-4-6-16/h4-11H2,1-3H3,(H,17,22). The van der Waals surface area contributed by atoms with Gasteiger partial charge in [-0.15, -0.1) is 11.6 Å². The zero-order valence-electron chi connectivity index (χ0n) is 14.1. The summed E-state index contributed by atoms with van der Waals surface area (Å²) < 4.78 is 5.08. The van der Waals surface area contributed by atoms with Crippen molar-refractivity contribution in [3.63, 3.8) is 0 Å². The molecule has 3 amide bonds. The molecule has 1 saturated heterocycles. The van der Waals surface area contributed by atoms with Gasteiger partial charge in [-0.25, -0.2) is 4.79 Å². The van der Waals surface area contributed by atoms with E-state index in [0.29, 0.717) is 44.9 Å². The van der Waals surface area contributed by atoms with E-state index >= 15 is 0 Å². The van der Waals surface area contributed by atoms with Crippen LogP contribution in [0, 0.1) is 0 Å². The van der Waals surface area contributed by atoms with Crippen LogP contribution < -0.4 is 5.32 Å². The van der Waals surface area contributed by atoms with Crippen LogP contribution in [0.2, 0.25) is 0 Å². The molecule has 132 valence electrons. The lowest BCUT2D eigenvalue weighted by atomic mass is 10.2. The maximum absolute atomic E-state index is 12.1. The molecule has 0 aliphatic carbocycles. The van der Waals surface area contributed by atoms with Crippen LogP contribution in [-0.2, 0) is 14.3 Å². The number of piperazine rings is 1. The second kappa shape index (κ2) is 8.96. The first-order valence-corrected chi connectivity index (χ1v) is 8.35. The zero-order valence-corrected chi connectivity index (χ0v) is 14.8. The molecule has 1 N–H and O–H groups in total. The number of nitrogens with zero attached hydrogens (tertiary/aromatic N) is 2. The van der Waals surface area contributed by atoms with Gasteiger partial charge in [-0.05, 0) is 27.2 Å². The van der Waals surface area contributed by atoms with Gasteiger partial charge < -0.3 is 19.9 Å². The lowest BCUT2D eigenvalue weighted by Crippen LogP contribution is -2.52. The summed E-state index contributed by atoms with van der Waals surface area (Å²) in [5.74, 6) is 0.369. The molecule has 0 aromatic rings. The molecular weight excluding hydrogens is 322 g/mol. The number of hydrogen-bond acceptors (Lipinski definition) is 4. The van der Waals surface area contributed by atoms with Crippen LogP contribution in [0.5, 0.6) is 0 Å². The number of hydrogen-bond donors (Lipinski definition) is 1. The molecule has 0 aromatic carbocycles. The largest absolute Gasteiger partial charge is 0.444 e. The molecule has 0 spiro atoms. The van der Waals surface area contributed by atoms with Gasteiger partial charge in [0.15, 0.2) is 0 Å².